The molecule has 0 aliphatic heterocycles. The normalized spacial score (nSPS) is 11.1. The lowest BCUT2D eigenvalue weighted by molar-refractivity contribution is 0.0699. The standard InChI is InChI=1S/C19H14ClNO4/c1-25-17-9-11(8-15(20)18(17)22)6-7-12-10-14(19(23)24)13-4-2-3-5-16(13)21-12/h2-10,22H,1H3,(H,23,24)/b7-6+. The Labute approximate surface area is 148 Å². The number of para-hydroxylation sites is 1. The number of nitrogens with zero attached hydrogens (tertiary/aromatic N) is 1. The van der Waals surface area contributed by atoms with E-state index in [0.717, 1.165) is 0 Å². The Balaban J connectivity index is 2.05. The predicted octanol–water partition coefficient (Wildman–Crippen LogP) is 4.47. The second-order valence-corrected chi connectivity index (χ2v) is 5.71. The van der Waals surface area contributed by atoms with Gasteiger partial charge in [-0.1, -0.05) is 35.9 Å². The third kappa shape index (κ3) is 3.41. The van der Waals surface area contributed by atoms with E-state index in [9.17, 15) is 15.0 Å². The van der Waals surface area contributed by atoms with Gasteiger partial charge in [0.25, 0.3) is 0 Å². The van der Waals surface area contributed by atoms with Crippen molar-refractivity contribution in [3.8, 4) is 11.5 Å². The lowest BCUT2D eigenvalue weighted by atomic mass is 10.1. The van der Waals surface area contributed by atoms with E-state index in [0.29, 0.717) is 22.2 Å². The number of carboxylic acids is 1. The predicted molar refractivity (Wildman–Crippen MR) is 97.3 cm³/mol. The monoisotopic (exact) mass is 355 g/mol. The van der Waals surface area contributed by atoms with Gasteiger partial charge in [0, 0.05) is 5.39 Å². The number of aromatic carboxylic acids is 1. The highest BCUT2D eigenvalue weighted by Gasteiger charge is 2.11. The molecule has 0 atom stereocenters. The van der Waals surface area contributed by atoms with Crippen molar-refractivity contribution in [2.24, 2.45) is 0 Å². The van der Waals surface area contributed by atoms with Gasteiger partial charge in [-0.15, -0.1) is 0 Å². The first-order valence-electron chi connectivity index (χ1n) is 7.37. The number of halogens is 1. The number of phenols is 1. The van der Waals surface area contributed by atoms with Crippen LogP contribution in [0, 0.1) is 0 Å². The molecular weight excluding hydrogens is 342 g/mol. The van der Waals surface area contributed by atoms with Crippen LogP contribution in [0.4, 0.5) is 0 Å². The van der Waals surface area contributed by atoms with E-state index in [2.05, 4.69) is 4.98 Å². The zero-order chi connectivity index (χ0) is 18.0. The molecule has 6 heteroatoms. The number of pyridine rings is 1. The largest absolute Gasteiger partial charge is 0.503 e. The Morgan fingerprint density at radius 3 is 2.68 bits per heavy atom. The fourth-order valence-corrected chi connectivity index (χ4v) is 2.70. The van der Waals surface area contributed by atoms with E-state index in [1.54, 1.807) is 48.6 Å². The van der Waals surface area contributed by atoms with Gasteiger partial charge < -0.3 is 14.9 Å². The lowest BCUT2D eigenvalue weighted by Gasteiger charge is -2.06. The van der Waals surface area contributed by atoms with Crippen LogP contribution in [0.2, 0.25) is 5.02 Å². The van der Waals surface area contributed by atoms with Crippen molar-refractivity contribution in [2.45, 2.75) is 0 Å². The van der Waals surface area contributed by atoms with E-state index in [1.165, 1.54) is 13.2 Å². The molecule has 126 valence electrons. The van der Waals surface area contributed by atoms with E-state index in [-0.39, 0.29) is 22.1 Å². The number of carboxylic acid groups (broad SMARTS) is 1. The SMILES string of the molecule is COc1cc(/C=C/c2cc(C(=O)O)c3ccccc3n2)cc(Cl)c1O. The minimum absolute atomic E-state index is 0.127. The Morgan fingerprint density at radius 1 is 1.20 bits per heavy atom. The summed E-state index contributed by atoms with van der Waals surface area (Å²) in [4.78, 5) is 15.9. The van der Waals surface area contributed by atoms with Crippen molar-refractivity contribution < 1.29 is 19.7 Å². The van der Waals surface area contributed by atoms with Crippen molar-refractivity contribution in [3.63, 3.8) is 0 Å². The number of hydrogen-bond donors (Lipinski definition) is 2. The molecule has 0 saturated carbocycles. The summed E-state index contributed by atoms with van der Waals surface area (Å²) >= 11 is 5.97. The topological polar surface area (TPSA) is 79.7 Å². The van der Waals surface area contributed by atoms with E-state index in [4.69, 9.17) is 16.3 Å². The fraction of sp³-hybridized carbons (Fsp3) is 0.0526. The number of aromatic hydroxyl groups is 1. The molecule has 0 amide bonds. The molecule has 0 spiro atoms. The number of carbonyl (C=O) groups is 1. The van der Waals surface area contributed by atoms with Gasteiger partial charge in [-0.2, -0.15) is 0 Å². The molecule has 3 rings (SSSR count). The molecule has 0 fully saturated rings. The van der Waals surface area contributed by atoms with Gasteiger partial charge in [-0.3, -0.25) is 0 Å². The second-order valence-electron chi connectivity index (χ2n) is 5.30. The minimum Gasteiger partial charge on any atom is -0.503 e. The Bertz CT molecular complexity index is 998. The zero-order valence-corrected chi connectivity index (χ0v) is 14.0. The van der Waals surface area contributed by atoms with Gasteiger partial charge in [-0.05, 0) is 35.9 Å². The Morgan fingerprint density at radius 2 is 1.96 bits per heavy atom. The average molecular weight is 356 g/mol. The molecule has 0 unspecified atom stereocenters. The van der Waals surface area contributed by atoms with E-state index in [1.807, 2.05) is 0 Å². The second kappa shape index (κ2) is 6.83. The number of rotatable bonds is 4. The number of fused-ring (bicyclic) bond motifs is 1. The highest BCUT2D eigenvalue weighted by Crippen LogP contribution is 2.35. The molecule has 1 aromatic heterocycles. The van der Waals surface area contributed by atoms with Gasteiger partial charge in [0.05, 0.1) is 28.9 Å². The highest BCUT2D eigenvalue weighted by molar-refractivity contribution is 6.32. The van der Waals surface area contributed by atoms with Crippen LogP contribution in [0.5, 0.6) is 11.5 Å². The number of ether oxygens (including phenoxy) is 1. The molecule has 2 N–H and O–H groups in total. The minimum atomic E-state index is -1.01. The van der Waals surface area contributed by atoms with Crippen LogP contribution in [-0.2, 0) is 0 Å². The summed E-state index contributed by atoms with van der Waals surface area (Å²) in [5, 5.41) is 19.9. The Hall–Kier alpha value is -3.05. The van der Waals surface area contributed by atoms with Crippen LogP contribution in [-0.4, -0.2) is 28.3 Å². The quantitative estimate of drug-likeness (QED) is 0.721. The lowest BCUT2D eigenvalue weighted by Crippen LogP contribution is -2.00. The van der Waals surface area contributed by atoms with Gasteiger partial charge in [0.1, 0.15) is 0 Å². The van der Waals surface area contributed by atoms with Gasteiger partial charge in [0.2, 0.25) is 0 Å². The third-order valence-corrected chi connectivity index (χ3v) is 3.97. The smallest absolute Gasteiger partial charge is 0.336 e. The molecule has 0 aliphatic carbocycles. The number of hydrogen-bond acceptors (Lipinski definition) is 4. The van der Waals surface area contributed by atoms with Crippen LogP contribution in [0.3, 0.4) is 0 Å². The number of methoxy groups -OCH3 is 1. The van der Waals surface area contributed by atoms with E-state index >= 15 is 0 Å². The summed E-state index contributed by atoms with van der Waals surface area (Å²) in [5.74, 6) is -0.884. The van der Waals surface area contributed by atoms with Crippen molar-refractivity contribution in [3.05, 3.63) is 64.3 Å². The molecule has 0 saturated heterocycles. The average Bonchev–Trinajstić information content (AvgIpc) is 2.61. The van der Waals surface area contributed by atoms with Crippen molar-refractivity contribution in [1.29, 1.82) is 0 Å². The summed E-state index contributed by atoms with van der Waals surface area (Å²) in [5.41, 5.74) is 1.97. The van der Waals surface area contributed by atoms with Crippen LogP contribution in [0.25, 0.3) is 23.1 Å². The maximum Gasteiger partial charge on any atom is 0.336 e. The van der Waals surface area contributed by atoms with Crippen molar-refractivity contribution >= 4 is 40.6 Å². The molecule has 5 nitrogen and oxygen atoms in total. The first-order valence-corrected chi connectivity index (χ1v) is 7.75. The van der Waals surface area contributed by atoms with Crippen molar-refractivity contribution in [2.75, 3.05) is 7.11 Å². The van der Waals surface area contributed by atoms with Gasteiger partial charge in [-0.25, -0.2) is 9.78 Å². The molecule has 25 heavy (non-hydrogen) atoms. The molecule has 3 aromatic rings. The number of aromatic nitrogens is 1. The summed E-state index contributed by atoms with van der Waals surface area (Å²) in [6.45, 7) is 0. The molecule has 0 bridgehead atoms. The summed E-state index contributed by atoms with van der Waals surface area (Å²) in [6.07, 6.45) is 3.40. The third-order valence-electron chi connectivity index (χ3n) is 3.68. The maximum atomic E-state index is 11.5. The zero-order valence-electron chi connectivity index (χ0n) is 13.2. The van der Waals surface area contributed by atoms with Crippen LogP contribution >= 0.6 is 11.6 Å². The first kappa shape index (κ1) is 16.8. The summed E-state index contributed by atoms with van der Waals surface area (Å²) in [6, 6.07) is 11.8. The first-order chi connectivity index (χ1) is 12.0. The molecule has 0 aliphatic rings. The van der Waals surface area contributed by atoms with Crippen LogP contribution in [0.15, 0.2) is 42.5 Å². The van der Waals surface area contributed by atoms with E-state index < -0.39 is 5.97 Å². The summed E-state index contributed by atoms with van der Waals surface area (Å²) in [7, 11) is 1.43. The summed E-state index contributed by atoms with van der Waals surface area (Å²) < 4.78 is 5.07. The fourth-order valence-electron chi connectivity index (χ4n) is 2.49. The van der Waals surface area contributed by atoms with Gasteiger partial charge in [0.15, 0.2) is 11.5 Å². The highest BCUT2D eigenvalue weighted by atomic mass is 35.5. The van der Waals surface area contributed by atoms with Crippen molar-refractivity contribution in [1.82, 2.24) is 4.98 Å². The Kier molecular flexibility index (Phi) is 4.59. The molecular formula is C19H14ClNO4. The molecule has 2 aromatic carbocycles. The maximum absolute atomic E-state index is 11.5. The molecule has 0 radical (unpaired) electrons. The molecule has 1 heterocycles. The van der Waals surface area contributed by atoms with Gasteiger partial charge >= 0.3 is 5.97 Å². The number of phenolic OH excluding ortho intramolecular Hbond substituents is 1. The number of benzene rings is 2. The van der Waals surface area contributed by atoms with Crippen LogP contribution in [0.1, 0.15) is 21.6 Å². The van der Waals surface area contributed by atoms with Crippen LogP contribution < -0.4 is 4.74 Å².